The van der Waals surface area contributed by atoms with E-state index in [0.717, 1.165) is 53.8 Å². The van der Waals surface area contributed by atoms with Gasteiger partial charge in [-0.25, -0.2) is 19.7 Å². The van der Waals surface area contributed by atoms with Gasteiger partial charge in [0.15, 0.2) is 11.5 Å². The van der Waals surface area contributed by atoms with Crippen LogP contribution in [0.15, 0.2) is 36.7 Å². The number of fused-ring (bicyclic) bond motifs is 1. The predicted molar refractivity (Wildman–Crippen MR) is 144 cm³/mol. The van der Waals surface area contributed by atoms with E-state index in [1.807, 2.05) is 45.9 Å². The summed E-state index contributed by atoms with van der Waals surface area (Å²) in [6, 6.07) is 8.13. The number of hydrogen-bond donors (Lipinski definition) is 3. The zero-order valence-electron chi connectivity index (χ0n) is 21.9. The second-order valence-electron chi connectivity index (χ2n) is 10.6. The first kappa shape index (κ1) is 26.1. The highest BCUT2D eigenvalue weighted by Gasteiger charge is 2.31. The number of rotatable bonds is 6. The van der Waals surface area contributed by atoms with Gasteiger partial charge >= 0.3 is 6.09 Å². The van der Waals surface area contributed by atoms with Crippen molar-refractivity contribution in [2.45, 2.75) is 52.6 Å². The minimum Gasteiger partial charge on any atom is -0.465 e. The van der Waals surface area contributed by atoms with Crippen LogP contribution in [0.2, 0.25) is 0 Å². The van der Waals surface area contributed by atoms with Crippen LogP contribution in [0.5, 0.6) is 0 Å². The molecule has 37 heavy (non-hydrogen) atoms. The summed E-state index contributed by atoms with van der Waals surface area (Å²) in [4.78, 5) is 41.4. The molecule has 196 valence electrons. The van der Waals surface area contributed by atoms with Crippen molar-refractivity contribution in [1.82, 2.24) is 25.2 Å². The fourth-order valence-corrected chi connectivity index (χ4v) is 4.79. The molecule has 0 radical (unpaired) electrons. The summed E-state index contributed by atoms with van der Waals surface area (Å²) in [5.74, 6) is 0.797. The van der Waals surface area contributed by atoms with Crippen LogP contribution < -0.4 is 16.0 Å². The third kappa shape index (κ3) is 5.90. The average Bonchev–Trinajstić information content (AvgIpc) is 2.85. The van der Waals surface area contributed by atoms with Gasteiger partial charge in [0.1, 0.15) is 5.82 Å². The van der Waals surface area contributed by atoms with Crippen molar-refractivity contribution in [2.75, 3.05) is 30.3 Å². The molecule has 3 heterocycles. The Morgan fingerprint density at radius 2 is 1.89 bits per heavy atom. The molecule has 0 bridgehead atoms. The molecule has 0 unspecified atom stereocenters. The Balaban J connectivity index is 1.55. The fourth-order valence-electron chi connectivity index (χ4n) is 4.79. The Hall–Kier alpha value is -3.95. The van der Waals surface area contributed by atoms with Crippen molar-refractivity contribution in [3.63, 3.8) is 0 Å². The number of piperidine rings is 1. The summed E-state index contributed by atoms with van der Waals surface area (Å²) < 4.78 is 0. The van der Waals surface area contributed by atoms with Crippen LogP contribution in [0.1, 0.15) is 55.2 Å². The van der Waals surface area contributed by atoms with Gasteiger partial charge in [0, 0.05) is 55.1 Å². The molecule has 0 atom stereocenters. The number of carbonyl (C=O) groups excluding carboxylic acids is 1. The molecule has 1 aliphatic rings. The second kappa shape index (κ2) is 10.6. The van der Waals surface area contributed by atoms with Gasteiger partial charge in [0.2, 0.25) is 0 Å². The lowest BCUT2D eigenvalue weighted by molar-refractivity contribution is 0.0850. The van der Waals surface area contributed by atoms with Gasteiger partial charge in [-0.2, -0.15) is 0 Å². The number of nitrogens with one attached hydrogen (secondary N) is 1. The van der Waals surface area contributed by atoms with Gasteiger partial charge in [0.05, 0.1) is 5.52 Å². The number of nitrogens with zero attached hydrogens (tertiary/aromatic N) is 5. The number of carboxylic acid groups (broad SMARTS) is 1. The van der Waals surface area contributed by atoms with Crippen LogP contribution in [0.25, 0.3) is 10.9 Å². The molecule has 10 heteroatoms. The van der Waals surface area contributed by atoms with Crippen molar-refractivity contribution in [3.8, 4) is 0 Å². The summed E-state index contributed by atoms with van der Waals surface area (Å²) in [7, 11) is 0. The third-order valence-electron chi connectivity index (χ3n) is 6.88. The second-order valence-corrected chi connectivity index (χ2v) is 10.6. The minimum atomic E-state index is -0.886. The lowest BCUT2D eigenvalue weighted by Crippen LogP contribution is -2.49. The molecule has 3 aromatic rings. The molecule has 0 spiro atoms. The monoisotopic (exact) mass is 505 g/mol. The normalized spacial score (nSPS) is 14.5. The van der Waals surface area contributed by atoms with E-state index >= 15 is 0 Å². The first-order valence-electron chi connectivity index (χ1n) is 12.5. The van der Waals surface area contributed by atoms with E-state index in [-0.39, 0.29) is 24.0 Å². The maximum Gasteiger partial charge on any atom is 0.407 e. The van der Waals surface area contributed by atoms with Crippen molar-refractivity contribution >= 4 is 34.5 Å². The number of pyridine rings is 1. The lowest BCUT2D eigenvalue weighted by Gasteiger charge is -2.39. The van der Waals surface area contributed by atoms with Crippen LogP contribution in [-0.4, -0.2) is 62.1 Å². The average molecular weight is 506 g/mol. The van der Waals surface area contributed by atoms with E-state index in [0.29, 0.717) is 6.54 Å². The van der Waals surface area contributed by atoms with Gasteiger partial charge in [-0.15, -0.1) is 0 Å². The molecule has 4 rings (SSSR count). The van der Waals surface area contributed by atoms with Crippen LogP contribution in [-0.2, 0) is 6.54 Å². The SMILES string of the molecule is Cc1cccc2cc(CNC(=O)c3nccnc3N)c(N3CCC(CN(C(=O)O)C(C)(C)C)CC3)nc12. The molecule has 1 fully saturated rings. The summed E-state index contributed by atoms with van der Waals surface area (Å²) in [6.07, 6.45) is 3.71. The number of amides is 2. The van der Waals surface area contributed by atoms with E-state index < -0.39 is 17.5 Å². The summed E-state index contributed by atoms with van der Waals surface area (Å²) >= 11 is 0. The van der Waals surface area contributed by atoms with Gasteiger partial charge in [-0.1, -0.05) is 18.2 Å². The predicted octanol–water partition coefficient (Wildman–Crippen LogP) is 3.84. The Morgan fingerprint density at radius 1 is 1.19 bits per heavy atom. The molecule has 1 aromatic carbocycles. The number of benzene rings is 1. The van der Waals surface area contributed by atoms with Crippen LogP contribution in [0, 0.1) is 12.8 Å². The van der Waals surface area contributed by atoms with Crippen LogP contribution >= 0.6 is 0 Å². The molecular formula is C27H35N7O3. The van der Waals surface area contributed by atoms with E-state index in [2.05, 4.69) is 26.3 Å². The molecule has 2 aromatic heterocycles. The number of nitrogens with two attached hydrogens (primary N) is 1. The van der Waals surface area contributed by atoms with E-state index in [9.17, 15) is 14.7 Å². The van der Waals surface area contributed by atoms with Crippen molar-refractivity contribution in [3.05, 3.63) is 53.5 Å². The highest BCUT2D eigenvalue weighted by molar-refractivity contribution is 5.96. The number of para-hydroxylation sites is 1. The molecule has 0 aliphatic carbocycles. The Kier molecular flexibility index (Phi) is 7.47. The van der Waals surface area contributed by atoms with Crippen LogP contribution in [0.3, 0.4) is 0 Å². The molecule has 1 aliphatic heterocycles. The third-order valence-corrected chi connectivity index (χ3v) is 6.88. The molecule has 2 amide bonds. The molecule has 1 saturated heterocycles. The van der Waals surface area contributed by atoms with E-state index in [1.54, 1.807) is 0 Å². The first-order valence-corrected chi connectivity index (χ1v) is 12.5. The number of carbonyl (C=O) groups is 2. The standard InChI is InChI=1S/C27H35N7O3/c1-17-6-5-7-19-14-20(15-31-25(35)22-23(28)30-11-10-29-22)24(32-21(17)19)33-12-8-18(9-13-33)16-34(26(36)37)27(2,3)4/h5-7,10-11,14,18H,8-9,12-13,15-16H2,1-4H3,(H2,28,30)(H,31,35)(H,36,37). The Labute approximate surface area is 216 Å². The molecule has 4 N–H and O–H groups in total. The summed E-state index contributed by atoms with van der Waals surface area (Å²) in [5, 5.41) is 13.6. The Morgan fingerprint density at radius 3 is 2.54 bits per heavy atom. The number of aryl methyl sites for hydroxylation is 1. The van der Waals surface area contributed by atoms with Gasteiger partial charge in [-0.3, -0.25) is 4.79 Å². The number of nitrogen functional groups attached to an aromatic ring is 1. The van der Waals surface area contributed by atoms with Crippen molar-refractivity contribution < 1.29 is 14.7 Å². The van der Waals surface area contributed by atoms with Crippen LogP contribution in [0.4, 0.5) is 16.4 Å². The zero-order chi connectivity index (χ0) is 26.7. The van der Waals surface area contributed by atoms with Crippen molar-refractivity contribution in [2.24, 2.45) is 5.92 Å². The molecular weight excluding hydrogens is 470 g/mol. The maximum atomic E-state index is 12.7. The van der Waals surface area contributed by atoms with Gasteiger partial charge in [0.25, 0.3) is 5.91 Å². The van der Waals surface area contributed by atoms with Crippen molar-refractivity contribution in [1.29, 1.82) is 0 Å². The van der Waals surface area contributed by atoms with E-state index in [1.165, 1.54) is 17.3 Å². The maximum absolute atomic E-state index is 12.7. The molecule has 0 saturated carbocycles. The summed E-state index contributed by atoms with van der Waals surface area (Å²) in [5.41, 5.74) is 8.38. The fraction of sp³-hybridized carbons (Fsp3) is 0.444. The largest absolute Gasteiger partial charge is 0.465 e. The highest BCUT2D eigenvalue weighted by atomic mass is 16.4. The highest BCUT2D eigenvalue weighted by Crippen LogP contribution is 2.30. The van der Waals surface area contributed by atoms with Gasteiger partial charge < -0.3 is 26.0 Å². The number of aromatic nitrogens is 3. The lowest BCUT2D eigenvalue weighted by atomic mass is 9.94. The minimum absolute atomic E-state index is 0.0835. The topological polar surface area (TPSA) is 138 Å². The summed E-state index contributed by atoms with van der Waals surface area (Å²) in [6.45, 7) is 10.1. The zero-order valence-corrected chi connectivity index (χ0v) is 21.9. The smallest absolute Gasteiger partial charge is 0.407 e. The van der Waals surface area contributed by atoms with E-state index in [4.69, 9.17) is 10.7 Å². The number of hydrogen-bond acceptors (Lipinski definition) is 7. The molecule has 10 nitrogen and oxygen atoms in total. The first-order chi connectivity index (χ1) is 17.5. The Bertz CT molecular complexity index is 1300. The number of anilines is 2. The quantitative estimate of drug-likeness (QED) is 0.459. The van der Waals surface area contributed by atoms with Gasteiger partial charge in [-0.05, 0) is 58.1 Å².